The monoisotopic (exact) mass is 409 g/mol. The number of carbonyl (C=O) groups is 1. The Balaban J connectivity index is 1.20. The standard InChI is InChI=1S/C23H27N3O4/c27-22(11-6-12-26-20-9-4-5-10-21(20)30-23(26)28)24-15-19-17-25(13-14-29-19)16-18-7-2-1-3-8-18/h1-5,7-10,19H,6,11-17H2,(H,24,27). The third-order valence-electron chi connectivity index (χ3n) is 5.36. The van der Waals surface area contributed by atoms with E-state index in [4.69, 9.17) is 9.15 Å². The van der Waals surface area contributed by atoms with Gasteiger partial charge in [-0.2, -0.15) is 0 Å². The molecule has 0 radical (unpaired) electrons. The molecule has 2 heterocycles. The van der Waals surface area contributed by atoms with Crippen molar-refractivity contribution in [3.05, 3.63) is 70.7 Å². The van der Waals surface area contributed by atoms with Gasteiger partial charge in [-0.1, -0.05) is 42.5 Å². The molecule has 1 atom stereocenters. The minimum absolute atomic E-state index is 0.00755. The first-order chi connectivity index (χ1) is 14.7. The molecule has 1 aliphatic rings. The van der Waals surface area contributed by atoms with Crippen LogP contribution in [0.15, 0.2) is 63.8 Å². The van der Waals surface area contributed by atoms with E-state index in [1.54, 1.807) is 10.6 Å². The summed E-state index contributed by atoms with van der Waals surface area (Å²) >= 11 is 0. The van der Waals surface area contributed by atoms with Gasteiger partial charge in [0.1, 0.15) is 0 Å². The van der Waals surface area contributed by atoms with E-state index in [-0.39, 0.29) is 17.8 Å². The summed E-state index contributed by atoms with van der Waals surface area (Å²) in [6.45, 7) is 4.21. The summed E-state index contributed by atoms with van der Waals surface area (Å²) in [6, 6.07) is 17.7. The van der Waals surface area contributed by atoms with Gasteiger partial charge >= 0.3 is 5.76 Å². The summed E-state index contributed by atoms with van der Waals surface area (Å²) in [5.41, 5.74) is 2.61. The Morgan fingerprint density at radius 3 is 2.77 bits per heavy atom. The summed E-state index contributed by atoms with van der Waals surface area (Å²) in [5.74, 6) is -0.412. The second-order valence-electron chi connectivity index (χ2n) is 7.61. The fourth-order valence-electron chi connectivity index (χ4n) is 3.83. The molecule has 0 saturated carbocycles. The van der Waals surface area contributed by atoms with Crippen LogP contribution in [0.1, 0.15) is 18.4 Å². The number of carbonyl (C=O) groups excluding carboxylic acids is 1. The molecule has 0 aliphatic carbocycles. The van der Waals surface area contributed by atoms with E-state index in [1.165, 1.54) is 5.56 Å². The quantitative estimate of drug-likeness (QED) is 0.618. The molecule has 1 saturated heterocycles. The topological polar surface area (TPSA) is 76.7 Å². The Morgan fingerprint density at radius 2 is 1.90 bits per heavy atom. The van der Waals surface area contributed by atoms with E-state index >= 15 is 0 Å². The first-order valence-electron chi connectivity index (χ1n) is 10.4. The molecule has 1 N–H and O–H groups in total. The van der Waals surface area contributed by atoms with Crippen LogP contribution >= 0.6 is 0 Å². The normalized spacial score (nSPS) is 17.3. The lowest BCUT2D eigenvalue weighted by Crippen LogP contribution is -2.47. The van der Waals surface area contributed by atoms with Crippen molar-refractivity contribution in [2.45, 2.75) is 32.0 Å². The van der Waals surface area contributed by atoms with Crippen molar-refractivity contribution in [3.63, 3.8) is 0 Å². The molecule has 1 aromatic heterocycles. The molecule has 30 heavy (non-hydrogen) atoms. The highest BCUT2D eigenvalue weighted by Crippen LogP contribution is 2.13. The fraction of sp³-hybridized carbons (Fsp3) is 0.391. The maximum absolute atomic E-state index is 12.2. The van der Waals surface area contributed by atoms with Gasteiger partial charge in [0.05, 0.1) is 18.2 Å². The predicted molar refractivity (Wildman–Crippen MR) is 114 cm³/mol. The first-order valence-corrected chi connectivity index (χ1v) is 10.4. The summed E-state index contributed by atoms with van der Waals surface area (Å²) in [4.78, 5) is 26.6. The molecular formula is C23H27N3O4. The third-order valence-corrected chi connectivity index (χ3v) is 5.36. The number of oxazole rings is 1. The van der Waals surface area contributed by atoms with Gasteiger partial charge in [-0.15, -0.1) is 0 Å². The molecule has 3 aromatic rings. The number of rotatable bonds is 8. The van der Waals surface area contributed by atoms with Crippen LogP contribution in [0, 0.1) is 0 Å². The van der Waals surface area contributed by atoms with Gasteiger partial charge in [-0.3, -0.25) is 14.3 Å². The Labute approximate surface area is 175 Å². The Morgan fingerprint density at radius 1 is 1.10 bits per heavy atom. The molecule has 0 bridgehead atoms. The van der Waals surface area contributed by atoms with Crippen LogP contribution in [0.25, 0.3) is 11.1 Å². The van der Waals surface area contributed by atoms with Crippen molar-refractivity contribution in [1.82, 2.24) is 14.8 Å². The second-order valence-corrected chi connectivity index (χ2v) is 7.61. The largest absolute Gasteiger partial charge is 0.419 e. The second kappa shape index (κ2) is 9.73. The maximum Gasteiger partial charge on any atom is 0.419 e. The van der Waals surface area contributed by atoms with Crippen LogP contribution in [0.5, 0.6) is 0 Å². The van der Waals surface area contributed by atoms with E-state index in [9.17, 15) is 9.59 Å². The molecule has 1 aliphatic heterocycles. The van der Waals surface area contributed by atoms with Gasteiger partial charge < -0.3 is 14.5 Å². The molecule has 4 rings (SSSR count). The highest BCUT2D eigenvalue weighted by atomic mass is 16.5. The van der Waals surface area contributed by atoms with Crippen LogP contribution in [0.3, 0.4) is 0 Å². The van der Waals surface area contributed by atoms with E-state index in [1.807, 2.05) is 36.4 Å². The zero-order valence-corrected chi connectivity index (χ0v) is 17.0. The molecule has 7 heteroatoms. The van der Waals surface area contributed by atoms with Crippen LogP contribution < -0.4 is 11.1 Å². The van der Waals surface area contributed by atoms with E-state index in [0.717, 1.165) is 25.2 Å². The summed E-state index contributed by atoms with van der Waals surface area (Å²) < 4.78 is 12.6. The van der Waals surface area contributed by atoms with Gasteiger partial charge in [0.25, 0.3) is 0 Å². The lowest BCUT2D eigenvalue weighted by Gasteiger charge is -2.33. The van der Waals surface area contributed by atoms with Crippen molar-refractivity contribution < 1.29 is 13.9 Å². The molecule has 7 nitrogen and oxygen atoms in total. The van der Waals surface area contributed by atoms with Crippen LogP contribution in [-0.4, -0.2) is 47.7 Å². The van der Waals surface area contributed by atoms with Crippen LogP contribution in [0.4, 0.5) is 0 Å². The number of benzene rings is 2. The molecular weight excluding hydrogens is 382 g/mol. The number of nitrogens with zero attached hydrogens (tertiary/aromatic N) is 2. The van der Waals surface area contributed by atoms with Gasteiger partial charge in [-0.05, 0) is 24.1 Å². The van der Waals surface area contributed by atoms with E-state index < -0.39 is 0 Å². The fourth-order valence-corrected chi connectivity index (χ4v) is 3.83. The van der Waals surface area contributed by atoms with Gasteiger partial charge in [-0.25, -0.2) is 4.79 Å². The summed E-state index contributed by atoms with van der Waals surface area (Å²) in [7, 11) is 0. The molecule has 0 spiro atoms. The number of ether oxygens (including phenoxy) is 1. The molecule has 158 valence electrons. The van der Waals surface area contributed by atoms with Crippen molar-refractivity contribution in [2.75, 3.05) is 26.2 Å². The minimum atomic E-state index is -0.384. The summed E-state index contributed by atoms with van der Waals surface area (Å²) in [6.07, 6.45) is 0.916. The van der Waals surface area contributed by atoms with Crippen molar-refractivity contribution in [2.24, 2.45) is 0 Å². The SMILES string of the molecule is O=C(CCCn1c(=O)oc2ccccc21)NCC1CN(Cc2ccccc2)CCO1. The molecule has 1 unspecified atom stereocenters. The number of morpholine rings is 1. The highest BCUT2D eigenvalue weighted by molar-refractivity contribution is 5.76. The maximum atomic E-state index is 12.2. The molecule has 1 fully saturated rings. The first kappa shape index (κ1) is 20.4. The zero-order valence-electron chi connectivity index (χ0n) is 17.0. The molecule has 2 aromatic carbocycles. The smallest absolute Gasteiger partial charge is 0.408 e. The average molecular weight is 409 g/mol. The Hall–Kier alpha value is -2.90. The Bertz CT molecular complexity index is 1030. The number of para-hydroxylation sites is 2. The predicted octanol–water partition coefficient (Wildman–Crippen LogP) is 2.39. The van der Waals surface area contributed by atoms with E-state index in [0.29, 0.717) is 38.1 Å². The summed E-state index contributed by atoms with van der Waals surface area (Å²) in [5, 5.41) is 2.97. The average Bonchev–Trinajstić information content (AvgIpc) is 3.08. The Kier molecular flexibility index (Phi) is 6.61. The number of aromatic nitrogens is 1. The van der Waals surface area contributed by atoms with Crippen molar-refractivity contribution >= 4 is 17.0 Å². The number of nitrogens with one attached hydrogen (secondary N) is 1. The number of amides is 1. The van der Waals surface area contributed by atoms with Gasteiger partial charge in [0.2, 0.25) is 5.91 Å². The van der Waals surface area contributed by atoms with Gasteiger partial charge in [0.15, 0.2) is 5.58 Å². The number of hydrogen-bond donors (Lipinski definition) is 1. The number of fused-ring (bicyclic) bond motifs is 1. The zero-order chi connectivity index (χ0) is 20.8. The van der Waals surface area contributed by atoms with Gasteiger partial charge in [0, 0.05) is 39.1 Å². The van der Waals surface area contributed by atoms with Crippen molar-refractivity contribution in [3.8, 4) is 0 Å². The number of hydrogen-bond acceptors (Lipinski definition) is 5. The van der Waals surface area contributed by atoms with Crippen LogP contribution in [-0.2, 0) is 22.6 Å². The lowest BCUT2D eigenvalue weighted by molar-refractivity contribution is -0.122. The highest BCUT2D eigenvalue weighted by Gasteiger charge is 2.21. The van der Waals surface area contributed by atoms with Crippen molar-refractivity contribution in [1.29, 1.82) is 0 Å². The van der Waals surface area contributed by atoms with Crippen LogP contribution in [0.2, 0.25) is 0 Å². The number of aryl methyl sites for hydroxylation is 1. The lowest BCUT2D eigenvalue weighted by atomic mass is 10.2. The minimum Gasteiger partial charge on any atom is -0.408 e. The molecule has 1 amide bonds. The third kappa shape index (κ3) is 5.17. The van der Waals surface area contributed by atoms with E-state index in [2.05, 4.69) is 22.3 Å².